The van der Waals surface area contributed by atoms with E-state index >= 15 is 0 Å². The van der Waals surface area contributed by atoms with Crippen LogP contribution in [0.25, 0.3) is 0 Å². The maximum atomic E-state index is 5.47. The first-order chi connectivity index (χ1) is 5.36. The zero-order valence-corrected chi connectivity index (χ0v) is 7.47. The van der Waals surface area contributed by atoms with Crippen LogP contribution in [0.1, 0.15) is 39.0 Å². The van der Waals surface area contributed by atoms with E-state index in [9.17, 15) is 0 Å². The van der Waals surface area contributed by atoms with E-state index in [0.29, 0.717) is 0 Å². The maximum absolute atomic E-state index is 5.47. The van der Waals surface area contributed by atoms with Crippen molar-refractivity contribution in [2.45, 2.75) is 39.0 Å². The van der Waals surface area contributed by atoms with Crippen molar-refractivity contribution in [3.05, 3.63) is 11.6 Å². The molecule has 0 amide bonds. The lowest BCUT2D eigenvalue weighted by Gasteiger charge is -2.22. The highest BCUT2D eigenvalue weighted by Crippen LogP contribution is 2.29. The van der Waals surface area contributed by atoms with Crippen LogP contribution < -0.4 is 5.73 Å². The Kier molecular flexibility index (Phi) is 3.64. The maximum Gasteiger partial charge on any atom is 0.0109 e. The Morgan fingerprint density at radius 1 is 1.64 bits per heavy atom. The van der Waals surface area contributed by atoms with E-state index in [2.05, 4.69) is 13.0 Å². The summed E-state index contributed by atoms with van der Waals surface area (Å²) < 4.78 is 0. The van der Waals surface area contributed by atoms with Gasteiger partial charge in [-0.2, -0.15) is 0 Å². The summed E-state index contributed by atoms with van der Waals surface area (Å²) >= 11 is 0. The molecule has 0 bridgehead atoms. The second-order valence-electron chi connectivity index (χ2n) is 3.47. The molecule has 0 radical (unpaired) electrons. The van der Waals surface area contributed by atoms with Gasteiger partial charge in [0.1, 0.15) is 0 Å². The SMILES string of the molecule is CCC1CCCC(=CCN)C1. The van der Waals surface area contributed by atoms with Crippen molar-refractivity contribution in [3.8, 4) is 0 Å². The minimum Gasteiger partial charge on any atom is -0.327 e. The van der Waals surface area contributed by atoms with Crippen molar-refractivity contribution < 1.29 is 0 Å². The van der Waals surface area contributed by atoms with Gasteiger partial charge in [0, 0.05) is 6.54 Å². The molecule has 1 rings (SSSR count). The summed E-state index contributed by atoms with van der Waals surface area (Å²) in [6, 6.07) is 0. The van der Waals surface area contributed by atoms with Crippen LogP contribution in [0.3, 0.4) is 0 Å². The molecule has 1 aliphatic carbocycles. The lowest BCUT2D eigenvalue weighted by atomic mass is 9.84. The van der Waals surface area contributed by atoms with Crippen LogP contribution in [0.15, 0.2) is 11.6 Å². The summed E-state index contributed by atoms with van der Waals surface area (Å²) in [4.78, 5) is 0. The molecule has 1 saturated carbocycles. The predicted octanol–water partition coefficient (Wildman–Crippen LogP) is 2.47. The van der Waals surface area contributed by atoms with Crippen LogP contribution >= 0.6 is 0 Å². The molecule has 1 aliphatic rings. The first kappa shape index (κ1) is 8.79. The van der Waals surface area contributed by atoms with E-state index in [1.54, 1.807) is 5.57 Å². The highest BCUT2D eigenvalue weighted by atomic mass is 14.5. The highest BCUT2D eigenvalue weighted by molar-refractivity contribution is 5.06. The average Bonchev–Trinajstić information content (AvgIpc) is 2.06. The van der Waals surface area contributed by atoms with Gasteiger partial charge >= 0.3 is 0 Å². The Hall–Kier alpha value is -0.300. The number of rotatable bonds is 2. The van der Waals surface area contributed by atoms with E-state index in [1.807, 2.05) is 0 Å². The predicted molar refractivity (Wildman–Crippen MR) is 49.4 cm³/mol. The third-order valence-corrected chi connectivity index (χ3v) is 2.65. The molecule has 0 aliphatic heterocycles. The van der Waals surface area contributed by atoms with Crippen molar-refractivity contribution in [2.75, 3.05) is 6.54 Å². The molecule has 1 heteroatoms. The quantitative estimate of drug-likeness (QED) is 0.606. The lowest BCUT2D eigenvalue weighted by molar-refractivity contribution is 0.406. The van der Waals surface area contributed by atoms with Crippen LogP contribution in [0.4, 0.5) is 0 Å². The molecule has 1 nitrogen and oxygen atoms in total. The van der Waals surface area contributed by atoms with E-state index < -0.39 is 0 Å². The molecule has 0 aromatic rings. The molecule has 1 fully saturated rings. The standard InChI is InChI=1S/C10H19N/c1-2-9-4-3-5-10(8-9)6-7-11/h6,9H,2-5,7-8,11H2,1H3. The zero-order chi connectivity index (χ0) is 8.10. The summed E-state index contributed by atoms with van der Waals surface area (Å²) in [6.07, 6.45) is 8.97. The Labute approximate surface area is 69.7 Å². The minimum absolute atomic E-state index is 0.728. The Bertz CT molecular complexity index is 138. The summed E-state index contributed by atoms with van der Waals surface area (Å²) in [7, 11) is 0. The van der Waals surface area contributed by atoms with Crippen LogP contribution in [0.5, 0.6) is 0 Å². The van der Waals surface area contributed by atoms with Crippen molar-refractivity contribution in [3.63, 3.8) is 0 Å². The molecule has 0 aromatic carbocycles. The molecule has 64 valence electrons. The average molecular weight is 153 g/mol. The molecule has 0 spiro atoms. The first-order valence-electron chi connectivity index (χ1n) is 4.74. The molecular weight excluding hydrogens is 134 g/mol. The molecule has 2 N–H and O–H groups in total. The second kappa shape index (κ2) is 4.55. The number of hydrogen-bond acceptors (Lipinski definition) is 1. The largest absolute Gasteiger partial charge is 0.327 e. The normalized spacial score (nSPS) is 29.3. The smallest absolute Gasteiger partial charge is 0.0109 e. The second-order valence-corrected chi connectivity index (χ2v) is 3.47. The van der Waals surface area contributed by atoms with Crippen molar-refractivity contribution in [2.24, 2.45) is 11.7 Å². The van der Waals surface area contributed by atoms with Crippen LogP contribution in [-0.2, 0) is 0 Å². The van der Waals surface area contributed by atoms with Gasteiger partial charge < -0.3 is 5.73 Å². The summed E-state index contributed by atoms with van der Waals surface area (Å²) in [5.74, 6) is 0.946. The van der Waals surface area contributed by atoms with Crippen LogP contribution in [0.2, 0.25) is 0 Å². The van der Waals surface area contributed by atoms with E-state index in [1.165, 1.54) is 32.1 Å². The van der Waals surface area contributed by atoms with E-state index in [0.717, 1.165) is 12.5 Å². The Balaban J connectivity index is 2.39. The summed E-state index contributed by atoms with van der Waals surface area (Å²) in [6.45, 7) is 3.02. The minimum atomic E-state index is 0.728. The van der Waals surface area contributed by atoms with Crippen molar-refractivity contribution >= 4 is 0 Å². The van der Waals surface area contributed by atoms with Gasteiger partial charge in [-0.05, 0) is 31.6 Å². The number of allylic oxidation sites excluding steroid dienone is 1. The van der Waals surface area contributed by atoms with Gasteiger partial charge in [-0.15, -0.1) is 0 Å². The molecule has 11 heavy (non-hydrogen) atoms. The van der Waals surface area contributed by atoms with Crippen molar-refractivity contribution in [1.29, 1.82) is 0 Å². The van der Waals surface area contributed by atoms with Gasteiger partial charge in [0.25, 0.3) is 0 Å². The number of nitrogens with two attached hydrogens (primary N) is 1. The van der Waals surface area contributed by atoms with Gasteiger partial charge in [0.05, 0.1) is 0 Å². The van der Waals surface area contributed by atoms with Gasteiger partial charge in [-0.25, -0.2) is 0 Å². The van der Waals surface area contributed by atoms with Gasteiger partial charge in [-0.3, -0.25) is 0 Å². The third kappa shape index (κ3) is 2.66. The zero-order valence-electron chi connectivity index (χ0n) is 7.47. The van der Waals surface area contributed by atoms with Gasteiger partial charge in [0.15, 0.2) is 0 Å². The third-order valence-electron chi connectivity index (χ3n) is 2.65. The molecular formula is C10H19N. The fourth-order valence-corrected chi connectivity index (χ4v) is 1.89. The van der Waals surface area contributed by atoms with E-state index in [-0.39, 0.29) is 0 Å². The lowest BCUT2D eigenvalue weighted by Crippen LogP contribution is -2.08. The van der Waals surface area contributed by atoms with E-state index in [4.69, 9.17) is 5.73 Å². The fourth-order valence-electron chi connectivity index (χ4n) is 1.89. The molecule has 1 unspecified atom stereocenters. The van der Waals surface area contributed by atoms with Gasteiger partial charge in [-0.1, -0.05) is 25.0 Å². The highest BCUT2D eigenvalue weighted by Gasteiger charge is 2.14. The molecule has 0 heterocycles. The Morgan fingerprint density at radius 2 is 2.45 bits per heavy atom. The van der Waals surface area contributed by atoms with Crippen molar-refractivity contribution in [1.82, 2.24) is 0 Å². The summed E-state index contributed by atoms with van der Waals surface area (Å²) in [5, 5.41) is 0. The first-order valence-corrected chi connectivity index (χ1v) is 4.74. The fraction of sp³-hybridized carbons (Fsp3) is 0.800. The summed E-state index contributed by atoms with van der Waals surface area (Å²) in [5.41, 5.74) is 7.07. The molecule has 0 aromatic heterocycles. The monoisotopic (exact) mass is 153 g/mol. The number of hydrogen-bond donors (Lipinski definition) is 1. The van der Waals surface area contributed by atoms with Crippen LogP contribution in [-0.4, -0.2) is 6.54 Å². The van der Waals surface area contributed by atoms with Crippen LogP contribution in [0, 0.1) is 5.92 Å². The topological polar surface area (TPSA) is 26.0 Å². The Morgan fingerprint density at radius 3 is 3.09 bits per heavy atom. The molecule has 1 atom stereocenters. The van der Waals surface area contributed by atoms with Gasteiger partial charge in [0.2, 0.25) is 0 Å². The molecule has 0 saturated heterocycles.